The van der Waals surface area contributed by atoms with Crippen molar-refractivity contribution < 1.29 is 19.1 Å². The normalized spacial score (nSPS) is 20.7. The lowest BCUT2D eigenvalue weighted by Crippen LogP contribution is -2.42. The van der Waals surface area contributed by atoms with Gasteiger partial charge >= 0.3 is 5.97 Å². The molecule has 0 spiro atoms. The van der Waals surface area contributed by atoms with Crippen molar-refractivity contribution in [3.63, 3.8) is 0 Å². The number of carboxylic acids is 1. The Morgan fingerprint density at radius 3 is 2.48 bits per heavy atom. The summed E-state index contributed by atoms with van der Waals surface area (Å²) in [6.45, 7) is 1.71. The standard InChI is InChI=1S/C18H21N3O4/c1-11-20-21-17(25-11)13-9-7-12(8-10-13)16(22)19-15-6-4-2-3-5-14(15)18(23)24/h7-10,14-15H,2-6H2,1H3,(H,19,22)(H,23,24)/t14-,15+/m1/s1. The van der Waals surface area contributed by atoms with Gasteiger partial charge in [-0.15, -0.1) is 10.2 Å². The average Bonchev–Trinajstić information content (AvgIpc) is 2.89. The summed E-state index contributed by atoms with van der Waals surface area (Å²) in [5, 5.41) is 20.0. The van der Waals surface area contributed by atoms with Crippen molar-refractivity contribution >= 4 is 11.9 Å². The van der Waals surface area contributed by atoms with Crippen molar-refractivity contribution in [2.75, 3.05) is 0 Å². The van der Waals surface area contributed by atoms with E-state index >= 15 is 0 Å². The van der Waals surface area contributed by atoms with Gasteiger partial charge in [-0.2, -0.15) is 0 Å². The fraction of sp³-hybridized carbons (Fsp3) is 0.444. The second kappa shape index (κ2) is 7.46. The number of carbonyl (C=O) groups excluding carboxylic acids is 1. The highest BCUT2D eigenvalue weighted by atomic mass is 16.4. The number of aromatic nitrogens is 2. The largest absolute Gasteiger partial charge is 0.481 e. The predicted octanol–water partition coefficient (Wildman–Crippen LogP) is 2.81. The number of benzene rings is 1. The number of rotatable bonds is 4. The van der Waals surface area contributed by atoms with Gasteiger partial charge in [-0.1, -0.05) is 19.3 Å². The van der Waals surface area contributed by atoms with Crippen LogP contribution in [0.3, 0.4) is 0 Å². The third-order valence-electron chi connectivity index (χ3n) is 4.57. The van der Waals surface area contributed by atoms with Gasteiger partial charge in [-0.25, -0.2) is 0 Å². The fourth-order valence-corrected chi connectivity index (χ4v) is 3.21. The number of aryl methyl sites for hydroxylation is 1. The monoisotopic (exact) mass is 343 g/mol. The zero-order chi connectivity index (χ0) is 17.8. The molecule has 1 saturated carbocycles. The van der Waals surface area contributed by atoms with E-state index in [-0.39, 0.29) is 11.9 Å². The fourth-order valence-electron chi connectivity index (χ4n) is 3.21. The van der Waals surface area contributed by atoms with Gasteiger partial charge in [0.15, 0.2) is 0 Å². The highest BCUT2D eigenvalue weighted by Crippen LogP contribution is 2.24. The van der Waals surface area contributed by atoms with E-state index in [0.717, 1.165) is 24.8 Å². The summed E-state index contributed by atoms with van der Waals surface area (Å²) >= 11 is 0. The molecule has 1 aromatic heterocycles. The Morgan fingerprint density at radius 1 is 1.12 bits per heavy atom. The first-order valence-electron chi connectivity index (χ1n) is 8.49. The summed E-state index contributed by atoms with van der Waals surface area (Å²) in [6, 6.07) is 6.51. The second-order valence-corrected chi connectivity index (χ2v) is 6.37. The lowest BCUT2D eigenvalue weighted by Gasteiger charge is -2.22. The molecular weight excluding hydrogens is 322 g/mol. The number of hydrogen-bond donors (Lipinski definition) is 2. The van der Waals surface area contributed by atoms with Crippen molar-refractivity contribution in [3.8, 4) is 11.5 Å². The Bertz CT molecular complexity index is 754. The second-order valence-electron chi connectivity index (χ2n) is 6.37. The molecule has 2 N–H and O–H groups in total. The Balaban J connectivity index is 1.70. The van der Waals surface area contributed by atoms with Crippen molar-refractivity contribution in [2.45, 2.75) is 45.1 Å². The number of carbonyl (C=O) groups is 2. The molecule has 1 aliphatic carbocycles. The molecule has 0 saturated heterocycles. The molecule has 1 amide bonds. The summed E-state index contributed by atoms with van der Waals surface area (Å²) in [6.07, 6.45) is 4.14. The molecule has 132 valence electrons. The smallest absolute Gasteiger partial charge is 0.308 e. The van der Waals surface area contributed by atoms with E-state index < -0.39 is 11.9 Å². The first-order valence-corrected chi connectivity index (χ1v) is 8.49. The van der Waals surface area contributed by atoms with E-state index in [4.69, 9.17) is 4.42 Å². The van der Waals surface area contributed by atoms with E-state index in [1.165, 1.54) is 0 Å². The molecule has 1 fully saturated rings. The van der Waals surface area contributed by atoms with Crippen LogP contribution in [-0.4, -0.2) is 33.2 Å². The van der Waals surface area contributed by atoms with Crippen LogP contribution in [0.1, 0.15) is 48.4 Å². The first kappa shape index (κ1) is 17.1. The molecule has 2 aromatic rings. The van der Waals surface area contributed by atoms with Gasteiger partial charge in [0.05, 0.1) is 5.92 Å². The molecule has 0 radical (unpaired) electrons. The average molecular weight is 343 g/mol. The van der Waals surface area contributed by atoms with Crippen LogP contribution in [0.25, 0.3) is 11.5 Å². The Morgan fingerprint density at radius 2 is 1.84 bits per heavy atom. The van der Waals surface area contributed by atoms with Gasteiger partial charge in [0.1, 0.15) is 0 Å². The van der Waals surface area contributed by atoms with Crippen molar-refractivity contribution in [1.29, 1.82) is 0 Å². The van der Waals surface area contributed by atoms with Gasteiger partial charge in [0, 0.05) is 24.1 Å². The van der Waals surface area contributed by atoms with Crippen LogP contribution in [-0.2, 0) is 4.79 Å². The van der Waals surface area contributed by atoms with Crippen LogP contribution < -0.4 is 5.32 Å². The summed E-state index contributed by atoms with van der Waals surface area (Å²) in [5.41, 5.74) is 1.21. The lowest BCUT2D eigenvalue weighted by atomic mass is 9.94. The number of carboxylic acid groups (broad SMARTS) is 1. The topological polar surface area (TPSA) is 105 Å². The third-order valence-corrected chi connectivity index (χ3v) is 4.57. The molecule has 0 bridgehead atoms. The van der Waals surface area contributed by atoms with Crippen LogP contribution in [0.2, 0.25) is 0 Å². The van der Waals surface area contributed by atoms with E-state index in [1.54, 1.807) is 31.2 Å². The van der Waals surface area contributed by atoms with Crippen LogP contribution in [0.15, 0.2) is 28.7 Å². The van der Waals surface area contributed by atoms with Crippen LogP contribution in [0, 0.1) is 12.8 Å². The predicted molar refractivity (Wildman–Crippen MR) is 89.9 cm³/mol. The number of nitrogens with zero attached hydrogens (tertiary/aromatic N) is 2. The van der Waals surface area contributed by atoms with Crippen LogP contribution >= 0.6 is 0 Å². The number of nitrogens with one attached hydrogen (secondary N) is 1. The SMILES string of the molecule is Cc1nnc(-c2ccc(C(=O)N[C@H]3CCCCC[C@H]3C(=O)O)cc2)o1. The summed E-state index contributed by atoms with van der Waals surface area (Å²) in [4.78, 5) is 24.0. The molecule has 1 aromatic carbocycles. The highest BCUT2D eigenvalue weighted by molar-refractivity contribution is 5.95. The number of aliphatic carboxylic acids is 1. The van der Waals surface area contributed by atoms with Gasteiger partial charge in [0.25, 0.3) is 5.91 Å². The van der Waals surface area contributed by atoms with Gasteiger partial charge in [0.2, 0.25) is 11.8 Å². The minimum atomic E-state index is -0.839. The molecule has 25 heavy (non-hydrogen) atoms. The Hall–Kier alpha value is -2.70. The maximum Gasteiger partial charge on any atom is 0.308 e. The maximum atomic E-state index is 12.5. The molecule has 3 rings (SSSR count). The van der Waals surface area contributed by atoms with E-state index in [1.807, 2.05) is 0 Å². The van der Waals surface area contributed by atoms with E-state index in [9.17, 15) is 14.7 Å². The minimum absolute atomic E-state index is 0.258. The molecule has 1 heterocycles. The number of amides is 1. The Kier molecular flexibility index (Phi) is 5.11. The van der Waals surface area contributed by atoms with Crippen LogP contribution in [0.4, 0.5) is 0 Å². The van der Waals surface area contributed by atoms with Crippen LogP contribution in [0.5, 0.6) is 0 Å². The molecule has 0 unspecified atom stereocenters. The Labute approximate surface area is 145 Å². The lowest BCUT2D eigenvalue weighted by molar-refractivity contribution is -0.142. The summed E-state index contributed by atoms with van der Waals surface area (Å²) in [7, 11) is 0. The molecule has 7 nitrogen and oxygen atoms in total. The molecule has 0 aliphatic heterocycles. The van der Waals surface area contributed by atoms with Gasteiger partial charge in [-0.05, 0) is 37.1 Å². The molecular formula is C18H21N3O4. The zero-order valence-corrected chi connectivity index (χ0v) is 14.1. The quantitative estimate of drug-likeness (QED) is 0.827. The van der Waals surface area contributed by atoms with Crippen molar-refractivity contribution in [2.24, 2.45) is 5.92 Å². The van der Waals surface area contributed by atoms with E-state index in [0.29, 0.717) is 30.2 Å². The van der Waals surface area contributed by atoms with Crippen molar-refractivity contribution in [3.05, 3.63) is 35.7 Å². The van der Waals surface area contributed by atoms with Gasteiger partial charge in [-0.3, -0.25) is 9.59 Å². The summed E-state index contributed by atoms with van der Waals surface area (Å²) < 4.78 is 5.36. The summed E-state index contributed by atoms with van der Waals surface area (Å²) in [5.74, 6) is -0.739. The highest BCUT2D eigenvalue weighted by Gasteiger charge is 2.30. The van der Waals surface area contributed by atoms with E-state index in [2.05, 4.69) is 15.5 Å². The number of hydrogen-bond acceptors (Lipinski definition) is 5. The molecule has 1 aliphatic rings. The maximum absolute atomic E-state index is 12.5. The first-order chi connectivity index (χ1) is 12.0. The van der Waals surface area contributed by atoms with Crippen molar-refractivity contribution in [1.82, 2.24) is 15.5 Å². The van der Waals surface area contributed by atoms with Gasteiger partial charge < -0.3 is 14.8 Å². The zero-order valence-electron chi connectivity index (χ0n) is 14.1. The molecule has 7 heteroatoms. The molecule has 2 atom stereocenters. The third kappa shape index (κ3) is 4.04. The minimum Gasteiger partial charge on any atom is -0.481 e.